The van der Waals surface area contributed by atoms with Gasteiger partial charge in [-0.3, -0.25) is 14.1 Å². The lowest BCUT2D eigenvalue weighted by Gasteiger charge is -2.38. The van der Waals surface area contributed by atoms with E-state index in [1.54, 1.807) is 25.1 Å². The average Bonchev–Trinajstić information content (AvgIpc) is 3.58. The molecule has 7 rings (SSSR count). The number of pyridine rings is 2. The number of nitrogens with zero attached hydrogens (tertiary/aromatic N) is 6. The first-order valence-electron chi connectivity index (χ1n) is 19.0. The molecule has 4 aromatic rings. The van der Waals surface area contributed by atoms with Crippen LogP contribution in [-0.2, 0) is 32.3 Å². The second-order valence-corrected chi connectivity index (χ2v) is 17.8. The van der Waals surface area contributed by atoms with E-state index in [-0.39, 0.29) is 67.9 Å². The van der Waals surface area contributed by atoms with Gasteiger partial charge in [0, 0.05) is 70.0 Å². The minimum Gasteiger partial charge on any atom is -0.481 e. The molecule has 13 nitrogen and oxygen atoms in total. The van der Waals surface area contributed by atoms with Crippen molar-refractivity contribution in [1.29, 1.82) is 0 Å². The molecule has 0 saturated carbocycles. The molecule has 314 valence electrons. The zero-order chi connectivity index (χ0) is 41.8. The normalized spacial score (nSPS) is 20.3. The van der Waals surface area contributed by atoms with Crippen LogP contribution in [0.25, 0.3) is 5.65 Å². The van der Waals surface area contributed by atoms with Gasteiger partial charge < -0.3 is 19.3 Å². The van der Waals surface area contributed by atoms with Crippen molar-refractivity contribution in [3.63, 3.8) is 0 Å². The number of benzene rings is 1. The molecule has 3 aliphatic rings. The lowest BCUT2D eigenvalue weighted by atomic mass is 9.70. The monoisotopic (exact) mass is 836 g/mol. The molecule has 0 amide bonds. The highest BCUT2D eigenvalue weighted by Gasteiger charge is 2.47. The second-order valence-electron chi connectivity index (χ2n) is 15.9. The first kappa shape index (κ1) is 41.7. The van der Waals surface area contributed by atoms with E-state index in [0.717, 1.165) is 9.96 Å². The van der Waals surface area contributed by atoms with Crippen molar-refractivity contribution in [3.8, 4) is 11.8 Å². The third-order valence-electron chi connectivity index (χ3n) is 11.6. The quantitative estimate of drug-likeness (QED) is 0.181. The average molecular weight is 837 g/mol. The van der Waals surface area contributed by atoms with Crippen LogP contribution >= 0.6 is 0 Å². The van der Waals surface area contributed by atoms with Crippen LogP contribution in [-0.4, -0.2) is 106 Å². The van der Waals surface area contributed by atoms with Crippen LogP contribution in [0.1, 0.15) is 79.1 Å². The van der Waals surface area contributed by atoms with Gasteiger partial charge in [0.1, 0.15) is 17.1 Å². The molecule has 0 bridgehead atoms. The number of aliphatic carboxylic acids is 1. The number of piperidine rings is 1. The van der Waals surface area contributed by atoms with Gasteiger partial charge in [0.15, 0.2) is 5.65 Å². The van der Waals surface area contributed by atoms with Crippen LogP contribution in [0.15, 0.2) is 47.5 Å². The van der Waals surface area contributed by atoms with Crippen LogP contribution in [0, 0.1) is 19.3 Å². The standard InChI is InChI=1S/C39H45F5N6O7S/c1-24-5-6-26(31(36(3,4)35(51)52)28-9-14-50-32(25(28)2)46-47-34(50)39(42,43)44)21-27(24)22-49-23-37(12-18-55-19-13-37)57-33-29(58(49,53)54)7-8-30(45-33)56-20-17-48-15-10-38(40,41)11-16-48/h5-9,14,21,31H,10-13,15-20,22-23H2,1-4H3,(H,51,52)/t31-/m1/s1. The Morgan fingerprint density at radius 2 is 1.72 bits per heavy atom. The molecule has 0 aliphatic carbocycles. The Hall–Kier alpha value is -4.46. The van der Waals surface area contributed by atoms with Gasteiger partial charge in [-0.1, -0.05) is 18.2 Å². The summed E-state index contributed by atoms with van der Waals surface area (Å²) in [6.45, 7) is 7.88. The molecule has 0 radical (unpaired) electrons. The van der Waals surface area contributed by atoms with Gasteiger partial charge in [-0.25, -0.2) is 17.2 Å². The summed E-state index contributed by atoms with van der Waals surface area (Å²) in [6, 6.07) is 9.50. The first-order chi connectivity index (χ1) is 27.2. The maximum Gasteiger partial charge on any atom is 0.452 e. The molecule has 2 fully saturated rings. The van der Waals surface area contributed by atoms with E-state index in [1.165, 1.54) is 42.5 Å². The number of aromatic nitrogens is 4. The van der Waals surface area contributed by atoms with Crippen molar-refractivity contribution in [2.24, 2.45) is 5.41 Å². The molecular weight excluding hydrogens is 792 g/mol. The molecule has 1 spiro atoms. The topological polar surface area (TPSA) is 149 Å². The summed E-state index contributed by atoms with van der Waals surface area (Å²) < 4.78 is 118. The maximum absolute atomic E-state index is 14.6. The van der Waals surface area contributed by atoms with Gasteiger partial charge in [0.25, 0.3) is 5.92 Å². The summed E-state index contributed by atoms with van der Waals surface area (Å²) in [6.07, 6.45) is -3.32. The number of sulfonamides is 1. The molecule has 6 heterocycles. The number of fused-ring (bicyclic) bond motifs is 2. The zero-order valence-corrected chi connectivity index (χ0v) is 33.3. The van der Waals surface area contributed by atoms with Crippen LogP contribution < -0.4 is 9.47 Å². The summed E-state index contributed by atoms with van der Waals surface area (Å²) in [5.41, 5.74) is -0.0614. The van der Waals surface area contributed by atoms with Crippen molar-refractivity contribution in [2.75, 3.05) is 46.0 Å². The lowest BCUT2D eigenvalue weighted by molar-refractivity contribution is -0.147. The summed E-state index contributed by atoms with van der Waals surface area (Å²) in [5, 5.41) is 17.6. The Morgan fingerprint density at radius 3 is 2.40 bits per heavy atom. The summed E-state index contributed by atoms with van der Waals surface area (Å²) in [4.78, 5) is 19.0. The highest BCUT2D eigenvalue weighted by atomic mass is 32.2. The van der Waals surface area contributed by atoms with Gasteiger partial charge in [0.05, 0.1) is 25.2 Å². The number of carbonyl (C=O) groups is 1. The summed E-state index contributed by atoms with van der Waals surface area (Å²) in [7, 11) is -4.28. The highest BCUT2D eigenvalue weighted by molar-refractivity contribution is 7.89. The molecule has 1 atom stereocenters. The van der Waals surface area contributed by atoms with Crippen LogP contribution in [0.5, 0.6) is 11.8 Å². The van der Waals surface area contributed by atoms with Gasteiger partial charge in [-0.2, -0.15) is 22.5 Å². The van der Waals surface area contributed by atoms with Crippen LogP contribution in [0.4, 0.5) is 22.0 Å². The second kappa shape index (κ2) is 15.3. The molecular formula is C39H45F5N6O7S. The fourth-order valence-corrected chi connectivity index (χ4v) is 9.55. The van der Waals surface area contributed by atoms with Crippen molar-refractivity contribution in [1.82, 2.24) is 28.8 Å². The Labute approximate surface area is 332 Å². The van der Waals surface area contributed by atoms with Crippen LogP contribution in [0.2, 0.25) is 0 Å². The molecule has 19 heteroatoms. The van der Waals surface area contributed by atoms with Gasteiger partial charge in [-0.15, -0.1) is 10.2 Å². The van der Waals surface area contributed by atoms with Crippen molar-refractivity contribution < 1.29 is 54.5 Å². The Bertz CT molecular complexity index is 2300. The van der Waals surface area contributed by atoms with Crippen molar-refractivity contribution in [3.05, 3.63) is 76.2 Å². The van der Waals surface area contributed by atoms with E-state index in [1.807, 2.05) is 11.8 Å². The van der Waals surface area contributed by atoms with Crippen molar-refractivity contribution in [2.45, 2.75) is 88.4 Å². The number of carboxylic acid groups (broad SMARTS) is 1. The summed E-state index contributed by atoms with van der Waals surface area (Å²) in [5.74, 6) is -5.95. The van der Waals surface area contributed by atoms with E-state index < -0.39 is 50.8 Å². The third kappa shape index (κ3) is 8.09. The zero-order valence-electron chi connectivity index (χ0n) is 32.5. The van der Waals surface area contributed by atoms with Gasteiger partial charge in [0.2, 0.25) is 27.6 Å². The number of alkyl halides is 5. The number of likely N-dealkylation sites (tertiary alicyclic amines) is 1. The van der Waals surface area contributed by atoms with E-state index in [0.29, 0.717) is 54.9 Å². The smallest absolute Gasteiger partial charge is 0.452 e. The number of hydrogen-bond acceptors (Lipinski definition) is 10. The lowest BCUT2D eigenvalue weighted by Crippen LogP contribution is -2.50. The number of aryl methyl sites for hydroxylation is 2. The molecule has 3 aliphatic heterocycles. The minimum atomic E-state index is -4.77. The Morgan fingerprint density at radius 1 is 1.02 bits per heavy atom. The SMILES string of the molecule is Cc1ccc([C@H](c2ccn3c(C(F)(F)F)nnc3c2C)C(C)(C)C(=O)O)cc1CN1CC2(CCOCC2)Oc2nc(OCCN3CCC(F)(F)CC3)ccc2S1(=O)=O. The molecule has 0 unspecified atom stereocenters. The molecule has 3 aromatic heterocycles. The number of carboxylic acids is 1. The molecule has 58 heavy (non-hydrogen) atoms. The predicted octanol–water partition coefficient (Wildman–Crippen LogP) is 6.25. The first-order valence-corrected chi connectivity index (χ1v) is 20.4. The Kier molecular flexibility index (Phi) is 11.0. The fourth-order valence-electron chi connectivity index (χ4n) is 8.01. The van der Waals surface area contributed by atoms with E-state index in [9.17, 15) is 40.3 Å². The highest BCUT2D eigenvalue weighted by Crippen LogP contribution is 2.45. The van der Waals surface area contributed by atoms with Crippen LogP contribution in [0.3, 0.4) is 0 Å². The van der Waals surface area contributed by atoms with E-state index in [2.05, 4.69) is 15.2 Å². The van der Waals surface area contributed by atoms with Gasteiger partial charge >= 0.3 is 12.1 Å². The fraction of sp³-hybridized carbons (Fsp3) is 0.538. The maximum atomic E-state index is 14.6. The molecule has 2 saturated heterocycles. The molecule has 1 N–H and O–H groups in total. The molecule has 1 aromatic carbocycles. The number of ether oxygens (including phenoxy) is 3. The van der Waals surface area contributed by atoms with Gasteiger partial charge in [-0.05, 0) is 67.6 Å². The number of rotatable bonds is 10. The predicted molar refractivity (Wildman–Crippen MR) is 199 cm³/mol. The number of halogens is 5. The van der Waals surface area contributed by atoms with E-state index >= 15 is 0 Å². The summed E-state index contributed by atoms with van der Waals surface area (Å²) >= 11 is 0. The largest absolute Gasteiger partial charge is 0.481 e. The Balaban J connectivity index is 1.22. The van der Waals surface area contributed by atoms with Crippen molar-refractivity contribution >= 4 is 21.6 Å². The third-order valence-corrected chi connectivity index (χ3v) is 13.4. The minimum absolute atomic E-state index is 0.0528. The number of hydrogen-bond donors (Lipinski definition) is 1. The van der Waals surface area contributed by atoms with E-state index in [4.69, 9.17) is 14.2 Å².